The number of aromatic hydroxyl groups is 1. The van der Waals surface area contributed by atoms with Crippen molar-refractivity contribution in [2.75, 3.05) is 33.1 Å². The van der Waals surface area contributed by atoms with Crippen LogP contribution in [0.4, 0.5) is 5.69 Å². The van der Waals surface area contributed by atoms with Gasteiger partial charge in [0.15, 0.2) is 11.4 Å². The number of ether oxygens (including phenoxy) is 1. The summed E-state index contributed by atoms with van der Waals surface area (Å²) in [6, 6.07) is 8.78. The average Bonchev–Trinajstić information content (AvgIpc) is 2.91. The number of anilines is 1. The number of amides is 2. The smallest absolute Gasteiger partial charge is 0.255 e. The Bertz CT molecular complexity index is 1590. The summed E-state index contributed by atoms with van der Waals surface area (Å²) in [7, 11) is 4.51. The van der Waals surface area contributed by atoms with Crippen LogP contribution < -0.4 is 11.1 Å². The molecule has 2 aromatic carbocycles. The molecule has 0 aromatic heterocycles. The fraction of sp³-hybridized carbons (Fsp3) is 0.333. The highest BCUT2D eigenvalue weighted by Gasteiger charge is 2.64. The van der Waals surface area contributed by atoms with Crippen molar-refractivity contribution in [1.82, 2.24) is 4.90 Å². The maximum Gasteiger partial charge on any atom is 0.255 e. The summed E-state index contributed by atoms with van der Waals surface area (Å²) in [5, 5.41) is 47.6. The Kier molecular flexibility index (Phi) is 7.17. The highest BCUT2D eigenvalue weighted by molar-refractivity contribution is 6.24. The molecule has 220 valence electrons. The van der Waals surface area contributed by atoms with Crippen molar-refractivity contribution in [3.05, 3.63) is 64.4 Å². The summed E-state index contributed by atoms with van der Waals surface area (Å²) < 4.78 is 4.83. The Hall–Kier alpha value is -4.52. The molecule has 0 unspecified atom stereocenters. The van der Waals surface area contributed by atoms with Crippen LogP contribution in [0.15, 0.2) is 53.3 Å². The van der Waals surface area contributed by atoms with E-state index in [0.717, 1.165) is 0 Å². The fourth-order valence-electron chi connectivity index (χ4n) is 6.58. The second-order valence-electron chi connectivity index (χ2n) is 11.0. The lowest BCUT2D eigenvalue weighted by Gasteiger charge is -2.50. The molecule has 0 radical (unpaired) electrons. The van der Waals surface area contributed by atoms with Crippen molar-refractivity contribution < 1.29 is 44.3 Å². The monoisotopic (exact) mass is 577 g/mol. The molecule has 42 heavy (non-hydrogen) atoms. The number of methoxy groups -OCH3 is 1. The first-order valence-electron chi connectivity index (χ1n) is 13.2. The van der Waals surface area contributed by atoms with Crippen LogP contribution in [-0.4, -0.2) is 88.2 Å². The lowest BCUT2D eigenvalue weighted by molar-refractivity contribution is -0.153. The highest BCUT2D eigenvalue weighted by atomic mass is 16.5. The molecule has 12 nitrogen and oxygen atoms in total. The van der Waals surface area contributed by atoms with E-state index in [0.29, 0.717) is 22.4 Å². The van der Waals surface area contributed by atoms with Gasteiger partial charge in [0.05, 0.1) is 11.6 Å². The molecule has 2 amide bonds. The van der Waals surface area contributed by atoms with Crippen molar-refractivity contribution in [1.29, 1.82) is 0 Å². The fourth-order valence-corrected chi connectivity index (χ4v) is 6.58. The summed E-state index contributed by atoms with van der Waals surface area (Å²) in [6.45, 7) is -0.102. The number of rotatable bonds is 6. The van der Waals surface area contributed by atoms with E-state index in [4.69, 9.17) is 10.5 Å². The van der Waals surface area contributed by atoms with Crippen molar-refractivity contribution in [3.63, 3.8) is 0 Å². The van der Waals surface area contributed by atoms with Crippen LogP contribution in [-0.2, 0) is 30.3 Å². The van der Waals surface area contributed by atoms with E-state index >= 15 is 0 Å². The Morgan fingerprint density at radius 3 is 2.36 bits per heavy atom. The van der Waals surface area contributed by atoms with E-state index in [1.165, 1.54) is 18.1 Å². The zero-order chi connectivity index (χ0) is 30.7. The number of phenolic OH excluding ortho intramolecular Hbond substituents is 1. The number of likely N-dealkylation sites (N-methyl/N-ethyl adjacent to an activating group) is 1. The maximum atomic E-state index is 14.0. The first-order chi connectivity index (χ1) is 19.8. The zero-order valence-electron chi connectivity index (χ0n) is 23.2. The van der Waals surface area contributed by atoms with Crippen molar-refractivity contribution in [2.24, 2.45) is 17.6 Å². The second-order valence-corrected chi connectivity index (χ2v) is 11.0. The molecule has 7 N–H and O–H groups in total. The molecule has 0 spiro atoms. The van der Waals surface area contributed by atoms with Gasteiger partial charge in [0, 0.05) is 24.3 Å². The SMILES string of the molecule is COCC(=O)Nc1ccc(-c2ccc(O)c3c2C[C@@H]2C[C@@H]4[C@@H](N(C)C)C(=O)C(C(N)=O)=C(O)[C@]4(O)C(=O)C2=C3O)cc1. The van der Waals surface area contributed by atoms with Gasteiger partial charge in [-0.15, -0.1) is 0 Å². The van der Waals surface area contributed by atoms with E-state index < -0.39 is 58.0 Å². The van der Waals surface area contributed by atoms with Crippen LogP contribution in [0.3, 0.4) is 0 Å². The topological polar surface area (TPSA) is 200 Å². The second kappa shape index (κ2) is 10.4. The Morgan fingerprint density at radius 1 is 1.10 bits per heavy atom. The number of hydrogen-bond acceptors (Lipinski definition) is 10. The average molecular weight is 578 g/mol. The third-order valence-corrected chi connectivity index (χ3v) is 8.36. The van der Waals surface area contributed by atoms with E-state index in [1.807, 2.05) is 0 Å². The quantitative estimate of drug-likeness (QED) is 0.271. The number of aliphatic hydroxyl groups excluding tert-OH is 2. The number of nitrogens with zero attached hydrogens (tertiary/aromatic N) is 1. The molecule has 1 fully saturated rings. The summed E-state index contributed by atoms with van der Waals surface area (Å²) in [5.74, 6) is -7.33. The lowest BCUT2D eigenvalue weighted by atomic mass is 9.57. The van der Waals surface area contributed by atoms with E-state index in [1.54, 1.807) is 44.4 Å². The molecule has 0 saturated heterocycles. The number of primary amides is 1. The Labute approximate surface area is 240 Å². The van der Waals surface area contributed by atoms with E-state index in [2.05, 4.69) is 5.32 Å². The first-order valence-corrected chi connectivity index (χ1v) is 13.2. The van der Waals surface area contributed by atoms with Crippen molar-refractivity contribution in [3.8, 4) is 16.9 Å². The van der Waals surface area contributed by atoms with Gasteiger partial charge in [0.25, 0.3) is 5.91 Å². The number of ketones is 2. The Morgan fingerprint density at radius 2 is 1.76 bits per heavy atom. The van der Waals surface area contributed by atoms with Crippen LogP contribution in [0.5, 0.6) is 5.75 Å². The first kappa shape index (κ1) is 29.0. The maximum absolute atomic E-state index is 14.0. The zero-order valence-corrected chi connectivity index (χ0v) is 23.2. The molecule has 0 aliphatic heterocycles. The number of phenols is 1. The largest absolute Gasteiger partial charge is 0.508 e. The van der Waals surface area contributed by atoms with Crippen LogP contribution in [0.1, 0.15) is 17.5 Å². The number of Topliss-reactive ketones (excluding diaryl/α,β-unsaturated/α-hetero) is 2. The van der Waals surface area contributed by atoms with Crippen LogP contribution in [0.25, 0.3) is 16.9 Å². The highest BCUT2D eigenvalue weighted by Crippen LogP contribution is 2.53. The Balaban J connectivity index is 1.63. The summed E-state index contributed by atoms with van der Waals surface area (Å²) in [5.41, 5.74) is 4.02. The van der Waals surface area contributed by atoms with E-state index in [-0.39, 0.29) is 42.2 Å². The molecule has 1 saturated carbocycles. The number of carbonyl (C=O) groups excluding carboxylic acids is 4. The van der Waals surface area contributed by atoms with Crippen molar-refractivity contribution in [2.45, 2.75) is 24.5 Å². The minimum atomic E-state index is -2.69. The van der Waals surface area contributed by atoms with Gasteiger partial charge in [-0.25, -0.2) is 0 Å². The molecule has 3 aliphatic carbocycles. The van der Waals surface area contributed by atoms with Crippen molar-refractivity contribution >= 4 is 34.8 Å². The van der Waals surface area contributed by atoms with Gasteiger partial charge in [-0.2, -0.15) is 0 Å². The predicted molar refractivity (Wildman–Crippen MR) is 150 cm³/mol. The molecule has 2 aromatic rings. The summed E-state index contributed by atoms with van der Waals surface area (Å²) in [4.78, 5) is 52.6. The normalized spacial score (nSPS) is 25.2. The van der Waals surface area contributed by atoms with Gasteiger partial charge in [-0.3, -0.25) is 24.1 Å². The van der Waals surface area contributed by atoms with Gasteiger partial charge < -0.3 is 36.2 Å². The van der Waals surface area contributed by atoms with Gasteiger partial charge in [0.1, 0.15) is 29.4 Å². The third-order valence-electron chi connectivity index (χ3n) is 8.36. The molecule has 12 heteroatoms. The molecule has 5 rings (SSSR count). The van der Waals surface area contributed by atoms with Crippen LogP contribution in [0, 0.1) is 11.8 Å². The number of hydrogen-bond donors (Lipinski definition) is 6. The standard InChI is InChI=1S/C30H31N3O9/c1-33(2)24-18-11-14-10-17-16(13-4-6-15(7-5-13)32-20(35)12-42-3)8-9-19(34)22(17)25(36)21(14)27(38)30(18,41)28(39)23(26(24)37)29(31)40/h4-9,14,18,24,34,36,39,41H,10-12H2,1-3H3,(H2,31,40)(H,32,35)/t14-,18-,24-,30-/m1/s1. The lowest BCUT2D eigenvalue weighted by Crippen LogP contribution is -2.65. The van der Waals surface area contributed by atoms with Gasteiger partial charge in [0.2, 0.25) is 11.7 Å². The molecule has 4 atom stereocenters. The third kappa shape index (κ3) is 4.26. The van der Waals surface area contributed by atoms with Crippen LogP contribution in [0.2, 0.25) is 0 Å². The van der Waals surface area contributed by atoms with Gasteiger partial charge in [-0.1, -0.05) is 18.2 Å². The number of fused-ring (bicyclic) bond motifs is 3. The molecule has 3 aliphatic rings. The molecule has 0 heterocycles. The van der Waals surface area contributed by atoms with E-state index in [9.17, 15) is 39.6 Å². The summed E-state index contributed by atoms with van der Waals surface area (Å²) >= 11 is 0. The van der Waals surface area contributed by atoms with Gasteiger partial charge >= 0.3 is 0 Å². The minimum Gasteiger partial charge on any atom is -0.508 e. The van der Waals surface area contributed by atoms with Gasteiger partial charge in [-0.05, 0) is 67.7 Å². The number of benzene rings is 2. The molecular formula is C30H31N3O9. The predicted octanol–water partition coefficient (Wildman–Crippen LogP) is 1.22. The van der Waals surface area contributed by atoms with Crippen LogP contribution >= 0.6 is 0 Å². The molecular weight excluding hydrogens is 546 g/mol. The summed E-state index contributed by atoms with van der Waals surface area (Å²) in [6.07, 6.45) is 0.149. The number of aliphatic hydroxyl groups is 3. The number of nitrogens with two attached hydrogens (primary N) is 1. The minimum absolute atomic E-state index is 0.00117. The molecule has 0 bridgehead atoms. The number of nitrogens with one attached hydrogen (secondary N) is 1. The number of carbonyl (C=O) groups is 4.